The highest BCUT2D eigenvalue weighted by Crippen LogP contribution is 2.26. The van der Waals surface area contributed by atoms with Crippen molar-refractivity contribution in [1.29, 1.82) is 0 Å². The van der Waals surface area contributed by atoms with Gasteiger partial charge in [-0.1, -0.05) is 12.1 Å². The molecule has 7 heteroatoms. The number of rotatable bonds is 5. The zero-order chi connectivity index (χ0) is 19.5. The fourth-order valence-electron chi connectivity index (χ4n) is 4.10. The van der Waals surface area contributed by atoms with Crippen molar-refractivity contribution in [2.75, 3.05) is 31.7 Å². The van der Waals surface area contributed by atoms with Crippen LogP contribution >= 0.6 is 11.8 Å². The molecule has 1 aliphatic heterocycles. The van der Waals surface area contributed by atoms with Crippen molar-refractivity contribution in [3.63, 3.8) is 0 Å². The average Bonchev–Trinajstić information content (AvgIpc) is 3.08. The molecule has 2 heterocycles. The molecule has 6 nitrogen and oxygen atoms in total. The average molecular weight is 401 g/mol. The maximum atomic E-state index is 13.0. The number of nitrogens with one attached hydrogen (secondary N) is 1. The Morgan fingerprint density at radius 3 is 2.96 bits per heavy atom. The zero-order valence-electron chi connectivity index (χ0n) is 16.6. The van der Waals surface area contributed by atoms with Crippen LogP contribution in [-0.2, 0) is 26.4 Å². The maximum absolute atomic E-state index is 13.0. The number of ether oxygens (including phenoxy) is 1. The van der Waals surface area contributed by atoms with E-state index in [2.05, 4.69) is 22.5 Å². The van der Waals surface area contributed by atoms with E-state index in [4.69, 9.17) is 4.74 Å². The summed E-state index contributed by atoms with van der Waals surface area (Å²) >= 11 is 1.91. The lowest BCUT2D eigenvalue weighted by Crippen LogP contribution is -2.39. The Morgan fingerprint density at radius 1 is 1.36 bits per heavy atom. The highest BCUT2D eigenvalue weighted by molar-refractivity contribution is 7.99. The van der Waals surface area contributed by atoms with Gasteiger partial charge in [-0.2, -0.15) is 16.9 Å². The number of methoxy groups -OCH3 is 1. The van der Waals surface area contributed by atoms with Gasteiger partial charge in [0.25, 0.3) is 5.91 Å². The SMILES string of the molecule is COc1cccc(CNC2CCc3c(c(C(=O)N4CCSCC4)nn3C)C2)c1. The van der Waals surface area contributed by atoms with E-state index in [0.717, 1.165) is 61.7 Å². The molecule has 1 saturated heterocycles. The van der Waals surface area contributed by atoms with Gasteiger partial charge in [0.15, 0.2) is 5.69 Å². The molecule has 2 aromatic rings. The first kappa shape index (κ1) is 19.3. The second-order valence-electron chi connectivity index (χ2n) is 7.47. The number of nitrogens with zero attached hydrogens (tertiary/aromatic N) is 3. The minimum atomic E-state index is 0.102. The number of carbonyl (C=O) groups is 1. The number of hydrogen-bond acceptors (Lipinski definition) is 5. The summed E-state index contributed by atoms with van der Waals surface area (Å²) < 4.78 is 7.23. The van der Waals surface area contributed by atoms with Crippen molar-refractivity contribution in [3.05, 3.63) is 46.8 Å². The molecule has 1 unspecified atom stereocenters. The summed E-state index contributed by atoms with van der Waals surface area (Å²) in [4.78, 5) is 15.0. The summed E-state index contributed by atoms with van der Waals surface area (Å²) in [5.74, 6) is 3.02. The largest absolute Gasteiger partial charge is 0.497 e. The minimum absolute atomic E-state index is 0.102. The van der Waals surface area contributed by atoms with Crippen molar-refractivity contribution in [2.45, 2.75) is 31.8 Å². The molecule has 1 N–H and O–H groups in total. The van der Waals surface area contributed by atoms with Crippen LogP contribution in [0.2, 0.25) is 0 Å². The number of hydrogen-bond donors (Lipinski definition) is 1. The van der Waals surface area contributed by atoms with Crippen LogP contribution in [0.5, 0.6) is 5.75 Å². The third-order valence-electron chi connectivity index (χ3n) is 5.68. The molecule has 1 aromatic heterocycles. The van der Waals surface area contributed by atoms with Crippen molar-refractivity contribution in [1.82, 2.24) is 20.0 Å². The molecule has 1 amide bonds. The summed E-state index contributed by atoms with van der Waals surface area (Å²) in [7, 11) is 3.66. The molecule has 150 valence electrons. The van der Waals surface area contributed by atoms with E-state index in [1.807, 2.05) is 40.5 Å². The molecule has 0 bridgehead atoms. The highest BCUT2D eigenvalue weighted by atomic mass is 32.2. The summed E-state index contributed by atoms with van der Waals surface area (Å²) in [5.41, 5.74) is 4.23. The number of thioether (sulfide) groups is 1. The van der Waals surface area contributed by atoms with Crippen molar-refractivity contribution < 1.29 is 9.53 Å². The second kappa shape index (κ2) is 8.57. The Labute approximate surface area is 170 Å². The normalized spacial score (nSPS) is 19.4. The first-order chi connectivity index (χ1) is 13.7. The summed E-state index contributed by atoms with van der Waals surface area (Å²) in [6.07, 6.45) is 2.87. The van der Waals surface area contributed by atoms with E-state index in [0.29, 0.717) is 11.7 Å². The Bertz CT molecular complexity index is 845. The molecule has 0 spiro atoms. The van der Waals surface area contributed by atoms with Crippen LogP contribution < -0.4 is 10.1 Å². The number of aromatic nitrogens is 2. The van der Waals surface area contributed by atoms with E-state index < -0.39 is 0 Å². The number of fused-ring (bicyclic) bond motifs is 1. The molecule has 1 fully saturated rings. The van der Waals surface area contributed by atoms with Gasteiger partial charge in [-0.25, -0.2) is 0 Å². The Kier molecular flexibility index (Phi) is 5.92. The number of aryl methyl sites for hydroxylation is 1. The summed E-state index contributed by atoms with van der Waals surface area (Å²) in [5, 5.41) is 8.28. The first-order valence-electron chi connectivity index (χ1n) is 9.94. The van der Waals surface area contributed by atoms with Gasteiger partial charge < -0.3 is 15.0 Å². The Morgan fingerprint density at radius 2 is 2.18 bits per heavy atom. The van der Waals surface area contributed by atoms with Gasteiger partial charge in [0, 0.05) is 55.5 Å². The minimum Gasteiger partial charge on any atom is -0.497 e. The molecule has 1 atom stereocenters. The van der Waals surface area contributed by atoms with E-state index in [1.165, 1.54) is 11.3 Å². The van der Waals surface area contributed by atoms with Gasteiger partial charge in [-0.3, -0.25) is 9.48 Å². The molecule has 1 aromatic carbocycles. The van der Waals surface area contributed by atoms with Crippen LogP contribution in [0.3, 0.4) is 0 Å². The molecular weight excluding hydrogens is 372 g/mol. The molecule has 28 heavy (non-hydrogen) atoms. The summed E-state index contributed by atoms with van der Waals surface area (Å²) in [6, 6.07) is 8.50. The van der Waals surface area contributed by atoms with Crippen molar-refractivity contribution in [3.8, 4) is 5.75 Å². The van der Waals surface area contributed by atoms with Gasteiger partial charge >= 0.3 is 0 Å². The smallest absolute Gasteiger partial charge is 0.274 e. The van der Waals surface area contributed by atoms with Gasteiger partial charge in [-0.05, 0) is 37.0 Å². The molecule has 0 radical (unpaired) electrons. The van der Waals surface area contributed by atoms with Crippen LogP contribution in [0, 0.1) is 0 Å². The Hall–Kier alpha value is -1.99. The third kappa shape index (κ3) is 4.05. The van der Waals surface area contributed by atoms with E-state index >= 15 is 0 Å². The summed E-state index contributed by atoms with van der Waals surface area (Å²) in [6.45, 7) is 2.45. The fourth-order valence-corrected chi connectivity index (χ4v) is 5.00. The topological polar surface area (TPSA) is 59.4 Å². The zero-order valence-corrected chi connectivity index (χ0v) is 17.4. The maximum Gasteiger partial charge on any atom is 0.274 e. The van der Waals surface area contributed by atoms with Crippen LogP contribution in [0.4, 0.5) is 0 Å². The highest BCUT2D eigenvalue weighted by Gasteiger charge is 2.30. The molecular formula is C21H28N4O2S. The van der Waals surface area contributed by atoms with E-state index in [9.17, 15) is 4.79 Å². The quantitative estimate of drug-likeness (QED) is 0.834. The number of benzene rings is 1. The molecule has 2 aliphatic rings. The lowest BCUT2D eigenvalue weighted by Gasteiger charge is -2.27. The number of amides is 1. The predicted octanol–water partition coefficient (Wildman–Crippen LogP) is 2.26. The van der Waals surface area contributed by atoms with Crippen molar-refractivity contribution in [2.24, 2.45) is 7.05 Å². The van der Waals surface area contributed by atoms with Crippen LogP contribution in [0.1, 0.15) is 33.7 Å². The fraction of sp³-hybridized carbons (Fsp3) is 0.524. The van der Waals surface area contributed by atoms with Gasteiger partial charge in [0.2, 0.25) is 0 Å². The predicted molar refractivity (Wildman–Crippen MR) is 112 cm³/mol. The Balaban J connectivity index is 1.45. The van der Waals surface area contributed by atoms with Gasteiger partial charge in [-0.15, -0.1) is 0 Å². The van der Waals surface area contributed by atoms with Crippen molar-refractivity contribution >= 4 is 17.7 Å². The van der Waals surface area contributed by atoms with Gasteiger partial charge in [0.05, 0.1) is 7.11 Å². The second-order valence-corrected chi connectivity index (χ2v) is 8.70. The van der Waals surface area contributed by atoms with Crippen LogP contribution in [-0.4, -0.2) is 58.3 Å². The van der Waals surface area contributed by atoms with Gasteiger partial charge in [0.1, 0.15) is 5.75 Å². The molecule has 1 aliphatic carbocycles. The molecule has 4 rings (SSSR count). The standard InChI is InChI=1S/C21H28N4O2S/c1-24-19-7-6-16(22-14-15-4-3-5-17(12-15)27-2)13-18(19)20(23-24)21(26)25-8-10-28-11-9-25/h3-5,12,16,22H,6-11,13-14H2,1-2H3. The number of carbonyl (C=O) groups excluding carboxylic acids is 1. The third-order valence-corrected chi connectivity index (χ3v) is 6.63. The first-order valence-corrected chi connectivity index (χ1v) is 11.1. The lowest BCUT2D eigenvalue weighted by atomic mass is 9.91. The monoisotopic (exact) mass is 400 g/mol. The van der Waals surface area contributed by atoms with Crippen LogP contribution in [0.25, 0.3) is 0 Å². The van der Waals surface area contributed by atoms with E-state index in [-0.39, 0.29) is 5.91 Å². The lowest BCUT2D eigenvalue weighted by molar-refractivity contribution is 0.0764. The van der Waals surface area contributed by atoms with Crippen LogP contribution in [0.15, 0.2) is 24.3 Å². The molecule has 0 saturated carbocycles. The van der Waals surface area contributed by atoms with E-state index in [1.54, 1.807) is 7.11 Å².